The molecule has 1 aromatic rings. The van der Waals surface area contributed by atoms with Crippen molar-refractivity contribution in [1.82, 2.24) is 4.31 Å². The monoisotopic (exact) mass is 313 g/mol. The summed E-state index contributed by atoms with van der Waals surface area (Å²) in [7, 11) is -3.60. The smallest absolute Gasteiger partial charge is 0.303 e. The highest BCUT2D eigenvalue weighted by Crippen LogP contribution is 2.21. The second-order valence-electron chi connectivity index (χ2n) is 5.45. The van der Waals surface area contributed by atoms with Gasteiger partial charge in [0.1, 0.15) is 0 Å². The number of nitrogens with zero attached hydrogens (tertiary/aromatic N) is 1. The Hall–Kier alpha value is -1.40. The van der Waals surface area contributed by atoms with Gasteiger partial charge in [-0.3, -0.25) is 4.79 Å². The summed E-state index contributed by atoms with van der Waals surface area (Å²) in [5.41, 5.74) is 1.96. The summed E-state index contributed by atoms with van der Waals surface area (Å²) in [5.74, 6) is -0.915. The molecule has 0 radical (unpaired) electrons. The van der Waals surface area contributed by atoms with E-state index in [2.05, 4.69) is 0 Å². The van der Waals surface area contributed by atoms with E-state index in [4.69, 9.17) is 5.11 Å². The maximum atomic E-state index is 12.7. The largest absolute Gasteiger partial charge is 0.481 e. The Balaban J connectivity index is 3.04. The van der Waals surface area contributed by atoms with E-state index in [0.717, 1.165) is 11.1 Å². The highest BCUT2D eigenvalue weighted by molar-refractivity contribution is 7.89. The molecule has 6 heteroatoms. The number of hydrogen-bond acceptors (Lipinski definition) is 3. The van der Waals surface area contributed by atoms with Crippen molar-refractivity contribution >= 4 is 16.0 Å². The Labute approximate surface area is 126 Å². The number of benzene rings is 1. The van der Waals surface area contributed by atoms with Gasteiger partial charge < -0.3 is 5.11 Å². The Morgan fingerprint density at radius 2 is 1.86 bits per heavy atom. The number of carboxylic acids is 1. The predicted octanol–water partition coefficient (Wildman–Crippen LogP) is 2.57. The molecule has 0 bridgehead atoms. The standard InChI is InChI=1S/C15H23NO4S/c1-11(2)16(9-5-6-15(17)18)21(19,20)14-8-7-12(3)13(4)10-14/h7-8,10-11H,5-6,9H2,1-4H3,(H,17,18). The lowest BCUT2D eigenvalue weighted by Crippen LogP contribution is -2.37. The van der Waals surface area contributed by atoms with Crippen LogP contribution < -0.4 is 0 Å². The van der Waals surface area contributed by atoms with Crippen molar-refractivity contribution in [3.8, 4) is 0 Å². The van der Waals surface area contributed by atoms with Crippen LogP contribution in [0.3, 0.4) is 0 Å². The zero-order valence-electron chi connectivity index (χ0n) is 13.0. The van der Waals surface area contributed by atoms with Gasteiger partial charge in [0.05, 0.1) is 4.90 Å². The summed E-state index contributed by atoms with van der Waals surface area (Å²) in [6, 6.07) is 4.84. The molecular weight excluding hydrogens is 290 g/mol. The minimum absolute atomic E-state index is 0.0360. The molecule has 0 aromatic heterocycles. The average molecular weight is 313 g/mol. The summed E-state index contributed by atoms with van der Waals surface area (Å²) in [5, 5.41) is 8.68. The average Bonchev–Trinajstić information content (AvgIpc) is 2.36. The van der Waals surface area contributed by atoms with Crippen LogP contribution in [0.15, 0.2) is 23.1 Å². The summed E-state index contributed by atoms with van der Waals surface area (Å²) in [6.07, 6.45) is 0.267. The molecular formula is C15H23NO4S. The van der Waals surface area contributed by atoms with Crippen LogP contribution in [0.2, 0.25) is 0 Å². The quantitative estimate of drug-likeness (QED) is 0.839. The van der Waals surface area contributed by atoms with Gasteiger partial charge in [0.2, 0.25) is 10.0 Å². The molecule has 0 atom stereocenters. The van der Waals surface area contributed by atoms with E-state index in [1.165, 1.54) is 4.31 Å². The number of hydrogen-bond donors (Lipinski definition) is 1. The maximum absolute atomic E-state index is 12.7. The van der Waals surface area contributed by atoms with Crippen LogP contribution in [-0.2, 0) is 14.8 Å². The van der Waals surface area contributed by atoms with Crippen LogP contribution in [0, 0.1) is 13.8 Å². The fraction of sp³-hybridized carbons (Fsp3) is 0.533. The van der Waals surface area contributed by atoms with E-state index >= 15 is 0 Å². The SMILES string of the molecule is Cc1ccc(S(=O)(=O)N(CCCC(=O)O)C(C)C)cc1C. The number of carbonyl (C=O) groups is 1. The molecule has 5 nitrogen and oxygen atoms in total. The van der Waals surface area contributed by atoms with E-state index in [1.807, 2.05) is 13.8 Å². The molecule has 0 spiro atoms. The van der Waals surface area contributed by atoms with Crippen molar-refractivity contribution in [1.29, 1.82) is 0 Å². The van der Waals surface area contributed by atoms with E-state index < -0.39 is 16.0 Å². The lowest BCUT2D eigenvalue weighted by atomic mass is 10.1. The Kier molecular flexibility index (Phi) is 5.92. The first-order valence-corrected chi connectivity index (χ1v) is 8.41. The van der Waals surface area contributed by atoms with E-state index in [1.54, 1.807) is 32.0 Å². The second-order valence-corrected chi connectivity index (χ2v) is 7.34. The van der Waals surface area contributed by atoms with Gasteiger partial charge >= 0.3 is 5.97 Å². The van der Waals surface area contributed by atoms with Crippen LogP contribution in [0.4, 0.5) is 0 Å². The minimum atomic E-state index is -3.60. The Morgan fingerprint density at radius 1 is 1.24 bits per heavy atom. The van der Waals surface area contributed by atoms with Crippen LogP contribution in [0.5, 0.6) is 0 Å². The number of sulfonamides is 1. The summed E-state index contributed by atoms with van der Waals surface area (Å²) >= 11 is 0. The van der Waals surface area contributed by atoms with E-state index in [0.29, 0.717) is 6.42 Å². The van der Waals surface area contributed by atoms with Crippen molar-refractivity contribution in [3.05, 3.63) is 29.3 Å². The molecule has 0 fully saturated rings. The fourth-order valence-electron chi connectivity index (χ4n) is 2.05. The molecule has 0 aliphatic carbocycles. The van der Waals surface area contributed by atoms with Gasteiger partial charge in [0.15, 0.2) is 0 Å². The van der Waals surface area contributed by atoms with E-state index in [-0.39, 0.29) is 23.9 Å². The van der Waals surface area contributed by atoms with Gasteiger partial charge in [-0.05, 0) is 57.4 Å². The summed E-state index contributed by atoms with van der Waals surface area (Å²) < 4.78 is 26.7. The van der Waals surface area contributed by atoms with Gasteiger partial charge in [-0.25, -0.2) is 8.42 Å². The number of rotatable bonds is 7. The second kappa shape index (κ2) is 7.04. The first-order chi connectivity index (χ1) is 9.66. The lowest BCUT2D eigenvalue weighted by Gasteiger charge is -2.26. The third kappa shape index (κ3) is 4.54. The maximum Gasteiger partial charge on any atom is 0.303 e. The molecule has 1 rings (SSSR count). The predicted molar refractivity (Wildman–Crippen MR) is 81.8 cm³/mol. The van der Waals surface area contributed by atoms with Crippen molar-refractivity contribution in [3.63, 3.8) is 0 Å². The Morgan fingerprint density at radius 3 is 2.33 bits per heavy atom. The Bertz CT molecular complexity index is 608. The topological polar surface area (TPSA) is 74.7 Å². The normalized spacial score (nSPS) is 12.1. The van der Waals surface area contributed by atoms with Gasteiger partial charge in [0.25, 0.3) is 0 Å². The van der Waals surface area contributed by atoms with Crippen LogP contribution >= 0.6 is 0 Å². The third-order valence-corrected chi connectivity index (χ3v) is 5.50. The number of carboxylic acid groups (broad SMARTS) is 1. The molecule has 1 aromatic carbocycles. The molecule has 21 heavy (non-hydrogen) atoms. The van der Waals surface area contributed by atoms with Crippen molar-refractivity contribution in [2.75, 3.05) is 6.54 Å². The molecule has 118 valence electrons. The molecule has 0 amide bonds. The van der Waals surface area contributed by atoms with Crippen molar-refractivity contribution in [2.45, 2.75) is 51.5 Å². The summed E-state index contributed by atoms with van der Waals surface area (Å²) in [6.45, 7) is 7.59. The number of aryl methyl sites for hydroxylation is 2. The van der Waals surface area contributed by atoms with Crippen LogP contribution in [-0.4, -0.2) is 36.4 Å². The molecule has 0 saturated heterocycles. The number of aliphatic carboxylic acids is 1. The first kappa shape index (κ1) is 17.7. The third-order valence-electron chi connectivity index (χ3n) is 3.43. The van der Waals surface area contributed by atoms with Gasteiger partial charge in [0, 0.05) is 19.0 Å². The zero-order valence-corrected chi connectivity index (χ0v) is 13.8. The van der Waals surface area contributed by atoms with Gasteiger partial charge in [-0.2, -0.15) is 4.31 Å². The molecule has 0 aliphatic heterocycles. The highest BCUT2D eigenvalue weighted by atomic mass is 32.2. The molecule has 0 saturated carbocycles. The van der Waals surface area contributed by atoms with Gasteiger partial charge in [-0.1, -0.05) is 6.07 Å². The molecule has 0 unspecified atom stereocenters. The molecule has 0 heterocycles. The van der Waals surface area contributed by atoms with Crippen LogP contribution in [0.25, 0.3) is 0 Å². The summed E-state index contributed by atoms with van der Waals surface area (Å²) in [4.78, 5) is 10.8. The van der Waals surface area contributed by atoms with Gasteiger partial charge in [-0.15, -0.1) is 0 Å². The van der Waals surface area contributed by atoms with E-state index in [9.17, 15) is 13.2 Å². The zero-order chi connectivity index (χ0) is 16.2. The van der Waals surface area contributed by atoms with Crippen molar-refractivity contribution < 1.29 is 18.3 Å². The first-order valence-electron chi connectivity index (χ1n) is 6.97. The fourth-order valence-corrected chi connectivity index (χ4v) is 3.81. The van der Waals surface area contributed by atoms with Crippen molar-refractivity contribution in [2.24, 2.45) is 0 Å². The minimum Gasteiger partial charge on any atom is -0.481 e. The van der Waals surface area contributed by atoms with Crippen LogP contribution in [0.1, 0.15) is 37.8 Å². The lowest BCUT2D eigenvalue weighted by molar-refractivity contribution is -0.137. The molecule has 1 N–H and O–H groups in total. The molecule has 0 aliphatic rings. The highest BCUT2D eigenvalue weighted by Gasteiger charge is 2.26.